The van der Waals surface area contributed by atoms with Crippen molar-refractivity contribution in [3.63, 3.8) is 0 Å². The summed E-state index contributed by atoms with van der Waals surface area (Å²) >= 11 is 3.05. The molecule has 2 N–H and O–H groups in total. The number of anilines is 1. The molecule has 104 valence electrons. The standard InChI is InChI=1S/C15H13BrFNO2/c16-13-3-1-2-12(14(13)17)15(20)18-11-6-4-10(5-7-11)8-9-19/h1-7,19H,8-9H2,(H,18,20). The predicted molar refractivity (Wildman–Crippen MR) is 79.3 cm³/mol. The monoisotopic (exact) mass is 337 g/mol. The first-order valence-electron chi connectivity index (χ1n) is 6.07. The molecular formula is C15H13BrFNO2. The van der Waals surface area contributed by atoms with Crippen LogP contribution >= 0.6 is 15.9 Å². The van der Waals surface area contributed by atoms with Crippen molar-refractivity contribution in [2.24, 2.45) is 0 Å². The van der Waals surface area contributed by atoms with Gasteiger partial charge in [0.15, 0.2) is 0 Å². The van der Waals surface area contributed by atoms with Gasteiger partial charge in [0.2, 0.25) is 0 Å². The molecule has 0 saturated heterocycles. The number of rotatable bonds is 4. The molecule has 0 aromatic heterocycles. The second-order valence-corrected chi connectivity index (χ2v) is 5.08. The summed E-state index contributed by atoms with van der Waals surface area (Å²) in [6.07, 6.45) is 0.564. The van der Waals surface area contributed by atoms with E-state index in [1.807, 2.05) is 12.1 Å². The van der Waals surface area contributed by atoms with Crippen LogP contribution in [0.2, 0.25) is 0 Å². The zero-order valence-corrected chi connectivity index (χ0v) is 12.2. The third-order valence-corrected chi connectivity index (χ3v) is 3.42. The molecule has 2 aromatic carbocycles. The molecule has 0 radical (unpaired) electrons. The summed E-state index contributed by atoms with van der Waals surface area (Å²) < 4.78 is 14.0. The molecule has 0 aliphatic rings. The number of aliphatic hydroxyl groups is 1. The largest absolute Gasteiger partial charge is 0.396 e. The Labute approximate surface area is 124 Å². The van der Waals surface area contributed by atoms with Gasteiger partial charge in [-0.1, -0.05) is 18.2 Å². The number of carbonyl (C=O) groups is 1. The molecule has 0 saturated carbocycles. The van der Waals surface area contributed by atoms with Gasteiger partial charge in [-0.2, -0.15) is 0 Å². The Morgan fingerprint density at radius 3 is 2.55 bits per heavy atom. The van der Waals surface area contributed by atoms with Gasteiger partial charge in [-0.25, -0.2) is 4.39 Å². The first-order valence-corrected chi connectivity index (χ1v) is 6.86. The summed E-state index contributed by atoms with van der Waals surface area (Å²) in [4.78, 5) is 12.0. The van der Waals surface area contributed by atoms with Gasteiger partial charge in [0.1, 0.15) is 5.82 Å². The molecule has 0 fully saturated rings. The summed E-state index contributed by atoms with van der Waals surface area (Å²) in [5, 5.41) is 11.5. The van der Waals surface area contributed by atoms with Crippen molar-refractivity contribution >= 4 is 27.5 Å². The molecule has 3 nitrogen and oxygen atoms in total. The lowest BCUT2D eigenvalue weighted by molar-refractivity contribution is 0.102. The zero-order chi connectivity index (χ0) is 14.5. The molecule has 2 aromatic rings. The summed E-state index contributed by atoms with van der Waals surface area (Å²) in [6.45, 7) is 0.0783. The van der Waals surface area contributed by atoms with Crippen LogP contribution in [0.3, 0.4) is 0 Å². The van der Waals surface area contributed by atoms with Crippen LogP contribution in [0.1, 0.15) is 15.9 Å². The van der Waals surface area contributed by atoms with E-state index in [0.717, 1.165) is 5.56 Å². The number of amides is 1. The molecule has 0 atom stereocenters. The number of aliphatic hydroxyl groups excluding tert-OH is 1. The fourth-order valence-electron chi connectivity index (χ4n) is 1.76. The third kappa shape index (κ3) is 3.43. The molecule has 0 heterocycles. The number of halogens is 2. The molecule has 5 heteroatoms. The summed E-state index contributed by atoms with van der Waals surface area (Å²) in [5.41, 5.74) is 1.54. The highest BCUT2D eigenvalue weighted by Gasteiger charge is 2.13. The zero-order valence-electron chi connectivity index (χ0n) is 10.6. The van der Waals surface area contributed by atoms with Crippen LogP contribution in [-0.4, -0.2) is 17.6 Å². The molecule has 20 heavy (non-hydrogen) atoms. The summed E-state index contributed by atoms with van der Waals surface area (Å²) in [7, 11) is 0. The number of hydrogen-bond acceptors (Lipinski definition) is 2. The van der Waals surface area contributed by atoms with E-state index in [2.05, 4.69) is 21.2 Å². The Morgan fingerprint density at radius 1 is 1.20 bits per heavy atom. The Balaban J connectivity index is 2.13. The second-order valence-electron chi connectivity index (χ2n) is 4.23. The van der Waals surface area contributed by atoms with Crippen LogP contribution in [0.4, 0.5) is 10.1 Å². The molecule has 0 spiro atoms. The SMILES string of the molecule is O=C(Nc1ccc(CCO)cc1)c1cccc(Br)c1F. The van der Waals surface area contributed by atoms with Gasteiger partial charge in [0, 0.05) is 12.3 Å². The van der Waals surface area contributed by atoms with Gasteiger partial charge >= 0.3 is 0 Å². The van der Waals surface area contributed by atoms with Crippen molar-refractivity contribution in [1.29, 1.82) is 0 Å². The van der Waals surface area contributed by atoms with Crippen molar-refractivity contribution in [3.8, 4) is 0 Å². The average molecular weight is 338 g/mol. The van der Waals surface area contributed by atoms with Crippen LogP contribution in [0.15, 0.2) is 46.9 Å². The van der Waals surface area contributed by atoms with Gasteiger partial charge in [-0.05, 0) is 52.2 Å². The van der Waals surface area contributed by atoms with Gasteiger partial charge < -0.3 is 10.4 Å². The highest BCUT2D eigenvalue weighted by Crippen LogP contribution is 2.20. The highest BCUT2D eigenvalue weighted by molar-refractivity contribution is 9.10. The van der Waals surface area contributed by atoms with Crippen LogP contribution in [0.5, 0.6) is 0 Å². The predicted octanol–water partition coefficient (Wildman–Crippen LogP) is 3.38. The first-order chi connectivity index (χ1) is 9.61. The maximum atomic E-state index is 13.8. The smallest absolute Gasteiger partial charge is 0.258 e. The summed E-state index contributed by atoms with van der Waals surface area (Å²) in [6, 6.07) is 11.6. The fourth-order valence-corrected chi connectivity index (χ4v) is 2.13. The minimum atomic E-state index is -0.582. The Bertz CT molecular complexity index is 614. The molecule has 0 bridgehead atoms. The molecule has 2 rings (SSSR count). The number of nitrogens with one attached hydrogen (secondary N) is 1. The Kier molecular flexibility index (Phi) is 4.87. The van der Waals surface area contributed by atoms with Crippen molar-refractivity contribution in [1.82, 2.24) is 0 Å². The minimum absolute atomic E-state index is 0.0150. The third-order valence-electron chi connectivity index (χ3n) is 2.81. The van der Waals surface area contributed by atoms with E-state index in [0.29, 0.717) is 12.1 Å². The van der Waals surface area contributed by atoms with Crippen molar-refractivity contribution < 1.29 is 14.3 Å². The van der Waals surface area contributed by atoms with Gasteiger partial charge in [0.05, 0.1) is 10.0 Å². The van der Waals surface area contributed by atoms with Crippen LogP contribution in [0, 0.1) is 5.82 Å². The van der Waals surface area contributed by atoms with E-state index in [9.17, 15) is 9.18 Å². The van der Waals surface area contributed by atoms with E-state index in [1.54, 1.807) is 18.2 Å². The van der Waals surface area contributed by atoms with E-state index in [-0.39, 0.29) is 16.6 Å². The quantitative estimate of drug-likeness (QED) is 0.898. The molecule has 0 aliphatic carbocycles. The lowest BCUT2D eigenvalue weighted by Crippen LogP contribution is -2.14. The fraction of sp³-hybridized carbons (Fsp3) is 0.133. The maximum Gasteiger partial charge on any atom is 0.258 e. The summed E-state index contributed by atoms with van der Waals surface area (Å²) in [5.74, 6) is -1.08. The number of benzene rings is 2. The molecule has 1 amide bonds. The van der Waals surface area contributed by atoms with Gasteiger partial charge in [0.25, 0.3) is 5.91 Å². The van der Waals surface area contributed by atoms with Crippen LogP contribution in [-0.2, 0) is 6.42 Å². The van der Waals surface area contributed by atoms with Crippen molar-refractivity contribution in [2.45, 2.75) is 6.42 Å². The molecule has 0 aliphatic heterocycles. The highest BCUT2D eigenvalue weighted by atomic mass is 79.9. The van der Waals surface area contributed by atoms with Crippen molar-refractivity contribution in [2.75, 3.05) is 11.9 Å². The van der Waals surface area contributed by atoms with E-state index in [4.69, 9.17) is 5.11 Å². The Hall–Kier alpha value is -1.72. The van der Waals surface area contributed by atoms with E-state index >= 15 is 0 Å². The van der Waals surface area contributed by atoms with Crippen LogP contribution < -0.4 is 5.32 Å². The van der Waals surface area contributed by atoms with Crippen molar-refractivity contribution in [3.05, 3.63) is 63.9 Å². The van der Waals surface area contributed by atoms with Crippen LogP contribution in [0.25, 0.3) is 0 Å². The lowest BCUT2D eigenvalue weighted by Gasteiger charge is -2.07. The Morgan fingerprint density at radius 2 is 1.90 bits per heavy atom. The minimum Gasteiger partial charge on any atom is -0.396 e. The maximum absolute atomic E-state index is 13.8. The van der Waals surface area contributed by atoms with Gasteiger partial charge in [-0.15, -0.1) is 0 Å². The second kappa shape index (κ2) is 6.63. The molecule has 0 unspecified atom stereocenters. The lowest BCUT2D eigenvalue weighted by atomic mass is 10.1. The van der Waals surface area contributed by atoms with Gasteiger partial charge in [-0.3, -0.25) is 4.79 Å². The topological polar surface area (TPSA) is 49.3 Å². The van der Waals surface area contributed by atoms with E-state index in [1.165, 1.54) is 12.1 Å². The number of carbonyl (C=O) groups excluding carboxylic acids is 1. The van der Waals surface area contributed by atoms with E-state index < -0.39 is 11.7 Å². The first kappa shape index (κ1) is 14.7. The average Bonchev–Trinajstić information content (AvgIpc) is 2.44. The number of hydrogen-bond donors (Lipinski definition) is 2. The normalized spacial score (nSPS) is 10.3. The molecular weight excluding hydrogens is 325 g/mol.